The van der Waals surface area contributed by atoms with Crippen LogP contribution in [0.25, 0.3) is 1.43 Å². The third-order valence-corrected chi connectivity index (χ3v) is 1.35. The molecule has 0 aromatic carbocycles. The van der Waals surface area contributed by atoms with Gasteiger partial charge in [0.15, 0.2) is 6.10 Å². The Morgan fingerprint density at radius 2 is 2.08 bits per heavy atom. The van der Waals surface area contributed by atoms with Crippen LogP contribution in [0, 0.1) is 0 Å². The van der Waals surface area contributed by atoms with Crippen molar-refractivity contribution >= 4 is 16.4 Å². The third-order valence-electron chi connectivity index (χ3n) is 0.977. The van der Waals surface area contributed by atoms with Crippen LogP contribution < -0.4 is 0 Å². The number of carbonyl (C=O) groups excluding carboxylic acids is 1. The average molecular weight is 217 g/mol. The van der Waals surface area contributed by atoms with Crippen molar-refractivity contribution in [3.8, 4) is 0 Å². The molecule has 13 heavy (non-hydrogen) atoms. The molecule has 0 amide bonds. The number of rotatable bonds is 5. The molecule has 0 spiro atoms. The van der Waals surface area contributed by atoms with Crippen molar-refractivity contribution in [1.82, 2.24) is 0 Å². The van der Waals surface area contributed by atoms with Gasteiger partial charge >= 0.3 is 16.4 Å². The number of hydrogen-bond donors (Lipinski definition) is 4. The zero-order valence-electron chi connectivity index (χ0n) is 7.15. The Bertz CT molecular complexity index is 286. The van der Waals surface area contributed by atoms with Gasteiger partial charge in [0.05, 0.1) is 6.61 Å². The molecule has 4 N–H and O–H groups in total. The predicted molar refractivity (Wildman–Crippen MR) is 36.7 cm³/mol. The number of hydrogen-bond acceptors (Lipinski definition) is 8. The first-order chi connectivity index (χ1) is 6.34. The Labute approximate surface area is 74.8 Å². The number of aliphatic hydroxyl groups excluding tert-OH is 3. The first-order valence-corrected chi connectivity index (χ1v) is 4.27. The highest BCUT2D eigenvalue weighted by Crippen LogP contribution is 1.98. The van der Waals surface area contributed by atoms with E-state index in [1.54, 1.807) is 0 Å². The van der Waals surface area contributed by atoms with E-state index in [1.807, 2.05) is 0 Å². The molecule has 0 aliphatic carbocycles. The molecule has 0 fully saturated rings. The van der Waals surface area contributed by atoms with Crippen LogP contribution in [0.5, 0.6) is 0 Å². The molecule has 0 radical (unpaired) electrons. The van der Waals surface area contributed by atoms with Crippen LogP contribution in [0.3, 0.4) is 0 Å². The standard InChI is InChI=1S/C4H8O8S/c5-1-2(6)3(7)4(8)12-13(9,10)11/h2-3,5-7H,1H2,(H,9,10,11)/t2-,3+/m1/s1/i/hD. The molecule has 0 aliphatic rings. The van der Waals surface area contributed by atoms with Crippen molar-refractivity contribution in [3.63, 3.8) is 0 Å². The second kappa shape index (κ2) is 4.48. The zero-order valence-corrected chi connectivity index (χ0v) is 6.97. The van der Waals surface area contributed by atoms with E-state index in [0.29, 0.717) is 0 Å². The summed E-state index contributed by atoms with van der Waals surface area (Å²) in [7, 11) is -4.84. The van der Waals surface area contributed by atoms with Gasteiger partial charge in [0, 0.05) is 0 Å². The van der Waals surface area contributed by atoms with Crippen LogP contribution in [0.15, 0.2) is 0 Å². The lowest BCUT2D eigenvalue weighted by atomic mass is 10.2. The van der Waals surface area contributed by atoms with Gasteiger partial charge in [-0.1, -0.05) is 0 Å². The van der Waals surface area contributed by atoms with Crippen molar-refractivity contribution in [2.45, 2.75) is 12.2 Å². The smallest absolute Gasteiger partial charge is 0.394 e. The molecule has 0 rings (SSSR count). The van der Waals surface area contributed by atoms with E-state index in [9.17, 15) is 13.2 Å². The first kappa shape index (κ1) is 10.3. The number of aliphatic hydroxyl groups is 3. The van der Waals surface area contributed by atoms with E-state index in [1.165, 1.54) is 0 Å². The van der Waals surface area contributed by atoms with E-state index >= 15 is 0 Å². The quantitative estimate of drug-likeness (QED) is 0.358. The van der Waals surface area contributed by atoms with E-state index in [-0.39, 0.29) is 0 Å². The largest absolute Gasteiger partial charge is 0.449 e. The summed E-state index contributed by atoms with van der Waals surface area (Å²) in [5, 5.41) is 25.7. The van der Waals surface area contributed by atoms with Gasteiger partial charge in [-0.15, -0.1) is 0 Å². The first-order valence-electron chi connectivity index (χ1n) is 3.35. The van der Waals surface area contributed by atoms with Gasteiger partial charge in [0.1, 0.15) is 6.10 Å². The summed E-state index contributed by atoms with van der Waals surface area (Å²) in [6.07, 6.45) is -4.10. The Kier molecular flexibility index (Phi) is 3.57. The van der Waals surface area contributed by atoms with Crippen LogP contribution in [0.4, 0.5) is 0 Å². The molecule has 78 valence electrons. The van der Waals surface area contributed by atoms with E-state index in [4.69, 9.17) is 16.8 Å². The highest BCUT2D eigenvalue weighted by molar-refractivity contribution is 7.81. The fraction of sp³-hybridized carbons (Fsp3) is 0.750. The van der Waals surface area contributed by atoms with Gasteiger partial charge in [-0.3, -0.25) is 4.56 Å². The molecule has 2 atom stereocenters. The molecular weight excluding hydrogens is 208 g/mol. The van der Waals surface area contributed by atoms with Crippen molar-refractivity contribution in [2.75, 3.05) is 6.61 Å². The fourth-order valence-electron chi connectivity index (χ4n) is 0.407. The van der Waals surface area contributed by atoms with Crippen LogP contribution in [-0.2, 0) is 19.4 Å². The Hall–Kier alpha value is -0.740. The van der Waals surface area contributed by atoms with Crippen molar-refractivity contribution < 1.29 is 37.3 Å². The van der Waals surface area contributed by atoms with Gasteiger partial charge in [0.2, 0.25) is 1.43 Å². The topological polar surface area (TPSA) is 141 Å². The molecule has 0 saturated heterocycles. The zero-order chi connectivity index (χ0) is 11.4. The molecule has 0 heterocycles. The molecular formula is C4H8O8S. The molecule has 0 saturated carbocycles. The van der Waals surface area contributed by atoms with E-state index in [2.05, 4.69) is 8.74 Å². The van der Waals surface area contributed by atoms with Crippen LogP contribution >= 0.6 is 0 Å². The van der Waals surface area contributed by atoms with Crippen LogP contribution in [0.2, 0.25) is 0 Å². The maximum absolute atomic E-state index is 10.6. The molecule has 0 aliphatic heterocycles. The lowest BCUT2D eigenvalue weighted by molar-refractivity contribution is -0.151. The average Bonchev–Trinajstić information content (AvgIpc) is 2.14. The van der Waals surface area contributed by atoms with Gasteiger partial charge in [-0.25, -0.2) is 4.79 Å². The lowest BCUT2D eigenvalue weighted by Crippen LogP contribution is -2.38. The van der Waals surface area contributed by atoms with Gasteiger partial charge in [-0.2, -0.15) is 8.42 Å². The SMILES string of the molecule is [2H]OS(=O)(=O)OC(=O)[C@@H](O)[C@H](O)CO. The maximum atomic E-state index is 10.6. The minimum atomic E-state index is -4.84. The Morgan fingerprint density at radius 1 is 1.54 bits per heavy atom. The van der Waals surface area contributed by atoms with Gasteiger partial charge < -0.3 is 19.5 Å². The summed E-state index contributed by atoms with van der Waals surface area (Å²) in [6, 6.07) is 0. The minimum Gasteiger partial charge on any atom is -0.394 e. The maximum Gasteiger partial charge on any atom is 0.449 e. The third kappa shape index (κ3) is 4.75. The summed E-state index contributed by atoms with van der Waals surface area (Å²) in [4.78, 5) is 10.6. The predicted octanol–water partition coefficient (Wildman–Crippen LogP) is -2.95. The molecule has 9 heteroatoms. The second-order valence-corrected chi connectivity index (χ2v) is 2.99. The van der Waals surface area contributed by atoms with E-state index < -0.39 is 35.2 Å². The highest BCUT2D eigenvalue weighted by atomic mass is 32.3. The fourth-order valence-corrected chi connectivity index (χ4v) is 0.707. The molecule has 0 unspecified atom stereocenters. The molecule has 0 aromatic heterocycles. The summed E-state index contributed by atoms with van der Waals surface area (Å²) in [6.45, 7) is -0.960. The summed E-state index contributed by atoms with van der Waals surface area (Å²) in [5.41, 5.74) is 0. The van der Waals surface area contributed by atoms with Crippen LogP contribution in [-0.4, -0.2) is 53.1 Å². The van der Waals surface area contributed by atoms with Crippen molar-refractivity contribution in [1.29, 1.82) is 1.43 Å². The number of carbonyl (C=O) groups is 1. The summed E-state index contributed by atoms with van der Waals surface area (Å²) < 4.78 is 33.0. The van der Waals surface area contributed by atoms with Crippen molar-refractivity contribution in [3.05, 3.63) is 0 Å². The highest BCUT2D eigenvalue weighted by Gasteiger charge is 2.28. The molecule has 0 bridgehead atoms. The normalized spacial score (nSPS) is 17.3. The Balaban J connectivity index is 4.36. The Morgan fingerprint density at radius 3 is 2.46 bits per heavy atom. The van der Waals surface area contributed by atoms with E-state index in [0.717, 1.165) is 0 Å². The van der Waals surface area contributed by atoms with Crippen molar-refractivity contribution in [2.24, 2.45) is 0 Å². The monoisotopic (exact) mass is 217 g/mol. The second-order valence-electron chi connectivity index (χ2n) is 2.01. The molecule has 8 nitrogen and oxygen atoms in total. The van der Waals surface area contributed by atoms with Gasteiger partial charge in [0.25, 0.3) is 0 Å². The molecule has 0 aromatic rings. The van der Waals surface area contributed by atoms with Gasteiger partial charge in [-0.05, 0) is 0 Å². The summed E-state index contributed by atoms with van der Waals surface area (Å²) in [5.74, 6) is -1.75. The summed E-state index contributed by atoms with van der Waals surface area (Å²) >= 11 is 0. The minimum absolute atomic E-state index is 0.960. The lowest BCUT2D eigenvalue weighted by Gasteiger charge is -2.12. The van der Waals surface area contributed by atoms with Crippen LogP contribution in [0.1, 0.15) is 0 Å².